The Hall–Kier alpha value is -2.11. The molecule has 0 aliphatic carbocycles. The number of rotatable bonds is 2. The van der Waals surface area contributed by atoms with E-state index in [2.05, 4.69) is 20.7 Å². The lowest BCUT2D eigenvalue weighted by molar-refractivity contribution is 0.102. The summed E-state index contributed by atoms with van der Waals surface area (Å²) in [5.41, 5.74) is 2.08. The fourth-order valence-corrected chi connectivity index (χ4v) is 1.31. The lowest BCUT2D eigenvalue weighted by Gasteiger charge is -1.98. The summed E-state index contributed by atoms with van der Waals surface area (Å²) in [6.07, 6.45) is 0. The third-order valence-electron chi connectivity index (χ3n) is 2.34. The van der Waals surface area contributed by atoms with Crippen molar-refractivity contribution in [2.24, 2.45) is 0 Å². The smallest absolute Gasteiger partial charge is 0.277 e. The monoisotopic (exact) mass is 220 g/mol. The van der Waals surface area contributed by atoms with Crippen LogP contribution in [0.15, 0.2) is 10.6 Å². The Labute approximate surface area is 92.0 Å². The summed E-state index contributed by atoms with van der Waals surface area (Å²) in [4.78, 5) is 11.8. The quantitative estimate of drug-likeness (QED) is 0.804. The van der Waals surface area contributed by atoms with Gasteiger partial charge >= 0.3 is 0 Å². The molecule has 0 aromatic carbocycles. The second-order valence-corrected chi connectivity index (χ2v) is 3.60. The van der Waals surface area contributed by atoms with Crippen LogP contribution in [0.2, 0.25) is 0 Å². The molecule has 0 saturated carbocycles. The SMILES string of the molecule is Cc1cc(NC(=O)c2n[nH]c(C)c2C)no1. The summed E-state index contributed by atoms with van der Waals surface area (Å²) in [5.74, 6) is 0.739. The van der Waals surface area contributed by atoms with E-state index in [1.165, 1.54) is 0 Å². The van der Waals surface area contributed by atoms with Crippen LogP contribution in [0.4, 0.5) is 5.82 Å². The first kappa shape index (κ1) is 10.4. The van der Waals surface area contributed by atoms with Crippen LogP contribution in [0.5, 0.6) is 0 Å². The van der Waals surface area contributed by atoms with Gasteiger partial charge in [0.2, 0.25) is 0 Å². The van der Waals surface area contributed by atoms with Gasteiger partial charge < -0.3 is 9.84 Å². The summed E-state index contributed by atoms with van der Waals surface area (Å²) in [6.45, 7) is 5.45. The number of aromatic nitrogens is 3. The Morgan fingerprint density at radius 3 is 2.69 bits per heavy atom. The first-order valence-electron chi connectivity index (χ1n) is 4.84. The van der Waals surface area contributed by atoms with Crippen molar-refractivity contribution in [2.45, 2.75) is 20.8 Å². The lowest BCUT2D eigenvalue weighted by atomic mass is 10.2. The predicted molar refractivity (Wildman–Crippen MR) is 57.3 cm³/mol. The Balaban J connectivity index is 2.18. The predicted octanol–water partition coefficient (Wildman–Crippen LogP) is 1.58. The number of aryl methyl sites for hydroxylation is 2. The van der Waals surface area contributed by atoms with Crippen molar-refractivity contribution >= 4 is 11.7 Å². The van der Waals surface area contributed by atoms with Gasteiger partial charge in [-0.15, -0.1) is 0 Å². The molecule has 0 aliphatic heterocycles. The second kappa shape index (κ2) is 3.80. The largest absolute Gasteiger partial charge is 0.360 e. The maximum absolute atomic E-state index is 11.8. The average Bonchev–Trinajstić information content (AvgIpc) is 2.76. The number of hydrogen-bond acceptors (Lipinski definition) is 4. The molecule has 1 amide bonds. The highest BCUT2D eigenvalue weighted by Crippen LogP contribution is 2.12. The minimum Gasteiger partial charge on any atom is -0.360 e. The van der Waals surface area contributed by atoms with Crippen molar-refractivity contribution in [3.63, 3.8) is 0 Å². The third kappa shape index (κ3) is 1.81. The number of aromatic amines is 1. The van der Waals surface area contributed by atoms with E-state index in [1.807, 2.05) is 13.8 Å². The molecule has 2 rings (SSSR count). The van der Waals surface area contributed by atoms with Gasteiger partial charge in [0, 0.05) is 17.3 Å². The number of nitrogens with one attached hydrogen (secondary N) is 2. The van der Waals surface area contributed by atoms with E-state index in [0.29, 0.717) is 17.3 Å². The van der Waals surface area contributed by atoms with Crippen molar-refractivity contribution in [1.82, 2.24) is 15.4 Å². The van der Waals surface area contributed by atoms with E-state index in [0.717, 1.165) is 11.3 Å². The Kier molecular flexibility index (Phi) is 2.47. The number of anilines is 1. The van der Waals surface area contributed by atoms with Crippen molar-refractivity contribution in [3.8, 4) is 0 Å². The summed E-state index contributed by atoms with van der Waals surface area (Å²) in [5, 5.41) is 13.0. The van der Waals surface area contributed by atoms with Crippen LogP contribution in [0.25, 0.3) is 0 Å². The fourth-order valence-electron chi connectivity index (χ4n) is 1.31. The molecule has 0 saturated heterocycles. The number of nitrogens with zero attached hydrogens (tertiary/aromatic N) is 2. The summed E-state index contributed by atoms with van der Waals surface area (Å²) in [6, 6.07) is 1.65. The summed E-state index contributed by atoms with van der Waals surface area (Å²) in [7, 11) is 0. The van der Waals surface area contributed by atoms with Crippen molar-refractivity contribution in [3.05, 3.63) is 28.8 Å². The van der Waals surface area contributed by atoms with Gasteiger partial charge in [0.15, 0.2) is 11.5 Å². The first-order valence-corrected chi connectivity index (χ1v) is 4.84. The lowest BCUT2D eigenvalue weighted by Crippen LogP contribution is -2.13. The summed E-state index contributed by atoms with van der Waals surface area (Å²) >= 11 is 0. The molecule has 16 heavy (non-hydrogen) atoms. The van der Waals surface area contributed by atoms with E-state index in [9.17, 15) is 4.79 Å². The average molecular weight is 220 g/mol. The van der Waals surface area contributed by atoms with E-state index in [-0.39, 0.29) is 5.91 Å². The van der Waals surface area contributed by atoms with Gasteiger partial charge in [-0.25, -0.2) is 0 Å². The van der Waals surface area contributed by atoms with E-state index in [1.54, 1.807) is 13.0 Å². The minimum atomic E-state index is -0.296. The normalized spacial score (nSPS) is 10.4. The van der Waals surface area contributed by atoms with Crippen LogP contribution in [0.3, 0.4) is 0 Å². The van der Waals surface area contributed by atoms with Gasteiger partial charge in [0.05, 0.1) is 0 Å². The zero-order valence-corrected chi connectivity index (χ0v) is 9.29. The highest BCUT2D eigenvalue weighted by atomic mass is 16.5. The number of carbonyl (C=O) groups excluding carboxylic acids is 1. The van der Waals surface area contributed by atoms with Gasteiger partial charge in [0.25, 0.3) is 5.91 Å². The zero-order valence-electron chi connectivity index (χ0n) is 9.29. The van der Waals surface area contributed by atoms with Gasteiger partial charge in [-0.05, 0) is 20.8 Å². The maximum atomic E-state index is 11.8. The van der Waals surface area contributed by atoms with Crippen molar-refractivity contribution < 1.29 is 9.32 Å². The van der Waals surface area contributed by atoms with Crippen molar-refractivity contribution in [1.29, 1.82) is 0 Å². The highest BCUT2D eigenvalue weighted by Gasteiger charge is 2.15. The Bertz CT molecular complexity index is 527. The number of H-pyrrole nitrogens is 1. The molecule has 2 aromatic heterocycles. The number of carbonyl (C=O) groups is 1. The fraction of sp³-hybridized carbons (Fsp3) is 0.300. The van der Waals surface area contributed by atoms with E-state index in [4.69, 9.17) is 4.52 Å². The first-order chi connectivity index (χ1) is 7.58. The molecule has 0 unspecified atom stereocenters. The van der Waals surface area contributed by atoms with Gasteiger partial charge in [-0.1, -0.05) is 5.16 Å². The molecule has 0 radical (unpaired) electrons. The molecule has 0 fully saturated rings. The standard InChI is InChI=1S/C10H12N4O2/c1-5-4-8(14-16-5)11-10(15)9-6(2)7(3)12-13-9/h4H,1-3H3,(H,12,13)(H,11,14,15). The van der Waals surface area contributed by atoms with Crippen LogP contribution in [0, 0.1) is 20.8 Å². The zero-order chi connectivity index (χ0) is 11.7. The highest BCUT2D eigenvalue weighted by molar-refractivity contribution is 6.03. The van der Waals surface area contributed by atoms with Crippen LogP contribution in [-0.4, -0.2) is 21.3 Å². The molecule has 6 nitrogen and oxygen atoms in total. The molecule has 0 aliphatic rings. The second-order valence-electron chi connectivity index (χ2n) is 3.60. The molecule has 84 valence electrons. The molecule has 0 spiro atoms. The number of hydrogen-bond donors (Lipinski definition) is 2. The van der Waals surface area contributed by atoms with Gasteiger partial charge in [0.1, 0.15) is 5.76 Å². The van der Waals surface area contributed by atoms with Crippen molar-refractivity contribution in [2.75, 3.05) is 5.32 Å². The van der Waals surface area contributed by atoms with E-state index < -0.39 is 0 Å². The Morgan fingerprint density at radius 2 is 2.19 bits per heavy atom. The van der Waals surface area contributed by atoms with Crippen LogP contribution < -0.4 is 5.32 Å². The molecule has 6 heteroatoms. The molecule has 0 atom stereocenters. The molecular formula is C10H12N4O2. The number of amides is 1. The molecular weight excluding hydrogens is 208 g/mol. The molecule has 2 N–H and O–H groups in total. The van der Waals surface area contributed by atoms with Gasteiger partial charge in [-0.2, -0.15) is 5.10 Å². The molecule has 2 aromatic rings. The summed E-state index contributed by atoms with van der Waals surface area (Å²) < 4.78 is 4.84. The topological polar surface area (TPSA) is 83.8 Å². The minimum absolute atomic E-state index is 0.296. The molecule has 2 heterocycles. The van der Waals surface area contributed by atoms with Crippen LogP contribution in [-0.2, 0) is 0 Å². The third-order valence-corrected chi connectivity index (χ3v) is 2.34. The van der Waals surface area contributed by atoms with Gasteiger partial charge in [-0.3, -0.25) is 9.89 Å². The Morgan fingerprint density at radius 1 is 1.44 bits per heavy atom. The van der Waals surface area contributed by atoms with Crippen LogP contribution >= 0.6 is 0 Å². The molecule has 0 bridgehead atoms. The maximum Gasteiger partial charge on any atom is 0.277 e. The van der Waals surface area contributed by atoms with E-state index >= 15 is 0 Å². The van der Waals surface area contributed by atoms with Crippen LogP contribution in [0.1, 0.15) is 27.5 Å².